The van der Waals surface area contributed by atoms with Crippen molar-refractivity contribution in [2.45, 2.75) is 19.5 Å². The molecule has 0 radical (unpaired) electrons. The second kappa shape index (κ2) is 6.06. The minimum atomic E-state index is 0.201. The van der Waals surface area contributed by atoms with Gasteiger partial charge in [-0.2, -0.15) is 0 Å². The number of ether oxygens (including phenoxy) is 3. The summed E-state index contributed by atoms with van der Waals surface area (Å²) >= 11 is 0. The summed E-state index contributed by atoms with van der Waals surface area (Å²) in [5.41, 5.74) is 2.32. The molecule has 0 bridgehead atoms. The average molecular weight is 285 g/mol. The molecule has 0 spiro atoms. The first-order chi connectivity index (χ1) is 10.3. The van der Waals surface area contributed by atoms with Crippen LogP contribution in [-0.4, -0.2) is 13.9 Å². The van der Waals surface area contributed by atoms with E-state index in [-0.39, 0.29) is 6.04 Å². The van der Waals surface area contributed by atoms with E-state index in [2.05, 4.69) is 24.4 Å². The molecule has 1 unspecified atom stereocenters. The van der Waals surface area contributed by atoms with Crippen molar-refractivity contribution in [2.75, 3.05) is 13.9 Å². The fourth-order valence-electron chi connectivity index (χ4n) is 2.46. The minimum Gasteiger partial charge on any atom is -0.496 e. The van der Waals surface area contributed by atoms with Gasteiger partial charge >= 0.3 is 0 Å². The monoisotopic (exact) mass is 285 g/mol. The molecule has 1 N–H and O–H groups in total. The Balaban J connectivity index is 1.67. The molecule has 0 amide bonds. The maximum absolute atomic E-state index is 5.40. The molecule has 0 fully saturated rings. The Morgan fingerprint density at radius 3 is 2.81 bits per heavy atom. The van der Waals surface area contributed by atoms with Gasteiger partial charge in [-0.25, -0.2) is 0 Å². The molecule has 1 atom stereocenters. The fourth-order valence-corrected chi connectivity index (χ4v) is 2.46. The third kappa shape index (κ3) is 2.95. The summed E-state index contributed by atoms with van der Waals surface area (Å²) in [5.74, 6) is 2.54. The lowest BCUT2D eigenvalue weighted by atomic mass is 10.1. The molecule has 4 heteroatoms. The van der Waals surface area contributed by atoms with Crippen LogP contribution in [0.5, 0.6) is 17.2 Å². The molecule has 110 valence electrons. The Morgan fingerprint density at radius 1 is 1.14 bits per heavy atom. The molecule has 4 nitrogen and oxygen atoms in total. The number of hydrogen-bond acceptors (Lipinski definition) is 4. The van der Waals surface area contributed by atoms with Gasteiger partial charge in [0, 0.05) is 18.2 Å². The third-order valence-electron chi connectivity index (χ3n) is 3.65. The largest absolute Gasteiger partial charge is 0.496 e. The highest BCUT2D eigenvalue weighted by Crippen LogP contribution is 2.32. The Hall–Kier alpha value is -2.20. The molecule has 1 aliphatic heterocycles. The standard InChI is InChI=1S/C17H19NO3/c1-12(14-5-3-4-6-15(14)19-2)18-10-13-7-8-16-17(9-13)21-11-20-16/h3-9,12,18H,10-11H2,1-2H3. The van der Waals surface area contributed by atoms with Crippen molar-refractivity contribution in [3.63, 3.8) is 0 Å². The lowest BCUT2D eigenvalue weighted by Gasteiger charge is -2.17. The van der Waals surface area contributed by atoms with Crippen LogP contribution in [0.25, 0.3) is 0 Å². The highest BCUT2D eigenvalue weighted by molar-refractivity contribution is 5.44. The van der Waals surface area contributed by atoms with Crippen LogP contribution in [0.15, 0.2) is 42.5 Å². The molecule has 21 heavy (non-hydrogen) atoms. The van der Waals surface area contributed by atoms with E-state index in [1.165, 1.54) is 5.56 Å². The smallest absolute Gasteiger partial charge is 0.231 e. The van der Waals surface area contributed by atoms with Gasteiger partial charge in [-0.15, -0.1) is 0 Å². The first-order valence-electron chi connectivity index (χ1n) is 7.03. The molecular formula is C17H19NO3. The molecule has 1 heterocycles. The summed E-state index contributed by atoms with van der Waals surface area (Å²) in [6, 6.07) is 14.3. The van der Waals surface area contributed by atoms with Gasteiger partial charge in [0.2, 0.25) is 6.79 Å². The molecule has 0 saturated carbocycles. The molecule has 3 rings (SSSR count). The normalized spacial score (nSPS) is 14.0. The second-order valence-corrected chi connectivity index (χ2v) is 5.03. The zero-order valence-electron chi connectivity index (χ0n) is 12.3. The van der Waals surface area contributed by atoms with Gasteiger partial charge in [-0.1, -0.05) is 24.3 Å². The van der Waals surface area contributed by atoms with Crippen molar-refractivity contribution in [3.05, 3.63) is 53.6 Å². The summed E-state index contributed by atoms with van der Waals surface area (Å²) in [6.45, 7) is 3.20. The molecule has 1 aliphatic rings. The van der Waals surface area contributed by atoms with Crippen molar-refractivity contribution < 1.29 is 14.2 Å². The Bertz CT molecular complexity index is 627. The van der Waals surface area contributed by atoms with E-state index in [0.29, 0.717) is 6.79 Å². The van der Waals surface area contributed by atoms with Crippen molar-refractivity contribution in [1.82, 2.24) is 5.32 Å². The molecule has 0 saturated heterocycles. The van der Waals surface area contributed by atoms with Gasteiger partial charge in [-0.3, -0.25) is 0 Å². The van der Waals surface area contributed by atoms with Gasteiger partial charge < -0.3 is 19.5 Å². The van der Waals surface area contributed by atoms with Crippen LogP contribution in [0.1, 0.15) is 24.1 Å². The van der Waals surface area contributed by atoms with Gasteiger partial charge in [0.15, 0.2) is 11.5 Å². The van der Waals surface area contributed by atoms with Gasteiger partial charge in [0.05, 0.1) is 7.11 Å². The highest BCUT2D eigenvalue weighted by Gasteiger charge is 2.14. The molecular weight excluding hydrogens is 266 g/mol. The SMILES string of the molecule is COc1ccccc1C(C)NCc1ccc2c(c1)OCO2. The van der Waals surface area contributed by atoms with Crippen molar-refractivity contribution >= 4 is 0 Å². The number of para-hydroxylation sites is 1. The van der Waals surface area contributed by atoms with E-state index >= 15 is 0 Å². The predicted octanol–water partition coefficient (Wildman–Crippen LogP) is 3.27. The van der Waals surface area contributed by atoms with E-state index in [1.54, 1.807) is 7.11 Å². The number of rotatable bonds is 5. The molecule has 2 aromatic carbocycles. The van der Waals surface area contributed by atoms with Crippen LogP contribution in [-0.2, 0) is 6.54 Å². The van der Waals surface area contributed by atoms with Crippen LogP contribution < -0.4 is 19.5 Å². The summed E-state index contributed by atoms with van der Waals surface area (Å²) < 4.78 is 16.1. The zero-order valence-corrected chi connectivity index (χ0v) is 12.3. The number of methoxy groups -OCH3 is 1. The summed E-state index contributed by atoms with van der Waals surface area (Å²) in [6.07, 6.45) is 0. The van der Waals surface area contributed by atoms with E-state index in [0.717, 1.165) is 29.4 Å². The van der Waals surface area contributed by atoms with E-state index in [1.807, 2.05) is 30.3 Å². The van der Waals surface area contributed by atoms with Crippen LogP contribution in [0.4, 0.5) is 0 Å². The molecule has 2 aromatic rings. The van der Waals surface area contributed by atoms with E-state index in [9.17, 15) is 0 Å². The maximum atomic E-state index is 5.40. The van der Waals surface area contributed by atoms with E-state index in [4.69, 9.17) is 14.2 Å². The van der Waals surface area contributed by atoms with Crippen LogP contribution in [0.2, 0.25) is 0 Å². The lowest BCUT2D eigenvalue weighted by molar-refractivity contribution is 0.174. The highest BCUT2D eigenvalue weighted by atomic mass is 16.7. The average Bonchev–Trinajstić information content (AvgIpc) is 3.00. The van der Waals surface area contributed by atoms with Crippen LogP contribution in [0.3, 0.4) is 0 Å². The zero-order chi connectivity index (χ0) is 14.7. The Kier molecular flexibility index (Phi) is 3.97. The maximum Gasteiger partial charge on any atom is 0.231 e. The summed E-state index contributed by atoms with van der Waals surface area (Å²) in [7, 11) is 1.70. The summed E-state index contributed by atoms with van der Waals surface area (Å²) in [5, 5.41) is 3.50. The van der Waals surface area contributed by atoms with Gasteiger partial charge in [-0.05, 0) is 30.7 Å². The first kappa shape index (κ1) is 13.8. The third-order valence-corrected chi connectivity index (χ3v) is 3.65. The Labute approximate surface area is 124 Å². The van der Waals surface area contributed by atoms with Crippen LogP contribution in [0, 0.1) is 0 Å². The van der Waals surface area contributed by atoms with Gasteiger partial charge in [0.1, 0.15) is 5.75 Å². The number of benzene rings is 2. The van der Waals surface area contributed by atoms with Crippen molar-refractivity contribution in [1.29, 1.82) is 0 Å². The predicted molar refractivity (Wildman–Crippen MR) is 80.8 cm³/mol. The van der Waals surface area contributed by atoms with E-state index < -0.39 is 0 Å². The molecule has 0 aromatic heterocycles. The second-order valence-electron chi connectivity index (χ2n) is 5.03. The topological polar surface area (TPSA) is 39.7 Å². The lowest BCUT2D eigenvalue weighted by Crippen LogP contribution is -2.18. The van der Waals surface area contributed by atoms with Gasteiger partial charge in [0.25, 0.3) is 0 Å². The summed E-state index contributed by atoms with van der Waals surface area (Å²) in [4.78, 5) is 0. The van der Waals surface area contributed by atoms with Crippen molar-refractivity contribution in [2.24, 2.45) is 0 Å². The Morgan fingerprint density at radius 2 is 1.95 bits per heavy atom. The fraction of sp³-hybridized carbons (Fsp3) is 0.294. The first-order valence-corrected chi connectivity index (χ1v) is 7.03. The number of nitrogens with one attached hydrogen (secondary N) is 1. The van der Waals surface area contributed by atoms with Crippen molar-refractivity contribution in [3.8, 4) is 17.2 Å². The number of hydrogen-bond donors (Lipinski definition) is 1. The van der Waals surface area contributed by atoms with Crippen LogP contribution >= 0.6 is 0 Å². The quantitative estimate of drug-likeness (QED) is 0.915. The minimum absolute atomic E-state index is 0.201. The number of fused-ring (bicyclic) bond motifs is 1. The molecule has 0 aliphatic carbocycles.